The second-order valence-electron chi connectivity index (χ2n) is 3.75. The summed E-state index contributed by atoms with van der Waals surface area (Å²) in [6.07, 6.45) is 1.17. The largest absolute Gasteiger partial charge is 0.481 e. The Kier molecular flexibility index (Phi) is 2.97. The van der Waals surface area contributed by atoms with Gasteiger partial charge in [0.15, 0.2) is 5.65 Å². The number of hydrogen-bond donors (Lipinski definition) is 1. The third-order valence-corrected chi connectivity index (χ3v) is 2.48. The summed E-state index contributed by atoms with van der Waals surface area (Å²) >= 11 is 0. The van der Waals surface area contributed by atoms with Crippen LogP contribution in [0.3, 0.4) is 0 Å². The van der Waals surface area contributed by atoms with Crippen LogP contribution in [0.5, 0.6) is 5.88 Å². The van der Waals surface area contributed by atoms with Gasteiger partial charge in [0, 0.05) is 6.07 Å². The number of carbonyl (C=O) groups is 1. The number of ether oxygens (including phenoxy) is 1. The van der Waals surface area contributed by atoms with E-state index in [0.29, 0.717) is 16.8 Å². The van der Waals surface area contributed by atoms with Gasteiger partial charge in [0.2, 0.25) is 5.88 Å². The molecule has 0 amide bonds. The van der Waals surface area contributed by atoms with E-state index in [1.807, 2.05) is 0 Å². The average molecular weight is 249 g/mol. The monoisotopic (exact) mass is 249 g/mol. The number of hydrogen-bond acceptors (Lipinski definition) is 5. The van der Waals surface area contributed by atoms with Crippen LogP contribution >= 0.6 is 0 Å². The van der Waals surface area contributed by atoms with Crippen LogP contribution in [-0.2, 0) is 11.3 Å². The van der Waals surface area contributed by atoms with E-state index in [-0.39, 0.29) is 5.65 Å². The molecule has 0 unspecified atom stereocenters. The van der Waals surface area contributed by atoms with E-state index in [1.54, 1.807) is 13.0 Å². The summed E-state index contributed by atoms with van der Waals surface area (Å²) in [5.41, 5.74) is 0.475. The average Bonchev–Trinajstić information content (AvgIpc) is 2.31. The topological polar surface area (TPSA) is 94.3 Å². The number of methoxy groups -OCH3 is 1. The third-order valence-electron chi connectivity index (χ3n) is 2.48. The summed E-state index contributed by atoms with van der Waals surface area (Å²) < 4.78 is 6.02. The van der Waals surface area contributed by atoms with Crippen LogP contribution in [0.1, 0.15) is 5.56 Å². The third kappa shape index (κ3) is 2.02. The summed E-state index contributed by atoms with van der Waals surface area (Å²) in [7, 11) is 1.47. The van der Waals surface area contributed by atoms with Crippen molar-refractivity contribution in [1.29, 1.82) is 0 Å². The SMILES string of the molecule is COc1cc(C)c2c(=O)n(CC(=O)O)cnc2n1. The molecule has 0 aliphatic carbocycles. The van der Waals surface area contributed by atoms with Gasteiger partial charge in [0.25, 0.3) is 5.56 Å². The number of pyridine rings is 1. The number of carboxylic acids is 1. The van der Waals surface area contributed by atoms with Crippen LogP contribution in [-0.4, -0.2) is 32.7 Å². The number of aryl methyl sites for hydroxylation is 1. The maximum absolute atomic E-state index is 12.1. The fourth-order valence-electron chi connectivity index (χ4n) is 1.67. The Bertz CT molecular complexity index is 678. The molecule has 0 bridgehead atoms. The lowest BCUT2D eigenvalue weighted by atomic mass is 10.2. The molecule has 2 rings (SSSR count). The molecule has 18 heavy (non-hydrogen) atoms. The van der Waals surface area contributed by atoms with Crippen molar-refractivity contribution < 1.29 is 14.6 Å². The van der Waals surface area contributed by atoms with Crippen LogP contribution in [0.25, 0.3) is 11.0 Å². The van der Waals surface area contributed by atoms with Gasteiger partial charge >= 0.3 is 5.97 Å². The molecule has 2 heterocycles. The maximum atomic E-state index is 12.1. The van der Waals surface area contributed by atoms with Gasteiger partial charge in [-0.15, -0.1) is 0 Å². The van der Waals surface area contributed by atoms with Crippen LogP contribution < -0.4 is 10.3 Å². The van der Waals surface area contributed by atoms with Gasteiger partial charge in [0.05, 0.1) is 12.5 Å². The highest BCUT2D eigenvalue weighted by molar-refractivity contribution is 5.78. The van der Waals surface area contributed by atoms with Crippen molar-refractivity contribution in [3.05, 3.63) is 28.3 Å². The Morgan fingerprint density at radius 1 is 1.56 bits per heavy atom. The van der Waals surface area contributed by atoms with Gasteiger partial charge in [0.1, 0.15) is 12.9 Å². The minimum atomic E-state index is -1.10. The smallest absolute Gasteiger partial charge is 0.323 e. The van der Waals surface area contributed by atoms with Gasteiger partial charge in [-0.2, -0.15) is 4.98 Å². The van der Waals surface area contributed by atoms with E-state index >= 15 is 0 Å². The molecule has 7 nitrogen and oxygen atoms in total. The molecule has 0 aliphatic heterocycles. The molecule has 0 saturated heterocycles. The van der Waals surface area contributed by atoms with E-state index in [4.69, 9.17) is 9.84 Å². The quantitative estimate of drug-likeness (QED) is 0.834. The van der Waals surface area contributed by atoms with Crippen molar-refractivity contribution in [2.45, 2.75) is 13.5 Å². The number of fused-ring (bicyclic) bond motifs is 1. The molecule has 0 fully saturated rings. The summed E-state index contributed by atoms with van der Waals surface area (Å²) in [6, 6.07) is 1.61. The summed E-state index contributed by atoms with van der Waals surface area (Å²) in [4.78, 5) is 30.7. The molecule has 0 spiro atoms. The zero-order chi connectivity index (χ0) is 13.3. The lowest BCUT2D eigenvalue weighted by molar-refractivity contribution is -0.137. The summed E-state index contributed by atoms with van der Waals surface area (Å²) in [5.74, 6) is -0.736. The molecule has 1 N–H and O–H groups in total. The second-order valence-corrected chi connectivity index (χ2v) is 3.75. The first-order valence-electron chi connectivity index (χ1n) is 5.15. The number of nitrogens with zero attached hydrogens (tertiary/aromatic N) is 3. The predicted molar refractivity (Wildman–Crippen MR) is 62.7 cm³/mol. The van der Waals surface area contributed by atoms with E-state index < -0.39 is 18.1 Å². The minimum Gasteiger partial charge on any atom is -0.481 e. The Labute approximate surface area is 102 Å². The standard InChI is InChI=1S/C11H11N3O4/c1-6-3-7(18-2)13-10-9(6)11(17)14(5-12-10)4-8(15)16/h3,5H,4H2,1-2H3,(H,15,16). The Morgan fingerprint density at radius 3 is 2.89 bits per heavy atom. The van der Waals surface area contributed by atoms with Gasteiger partial charge in [-0.25, -0.2) is 4.98 Å². The van der Waals surface area contributed by atoms with Gasteiger partial charge in [-0.1, -0.05) is 0 Å². The molecule has 94 valence electrons. The molecule has 0 saturated carbocycles. The predicted octanol–water partition coefficient (Wildman–Crippen LogP) is 0.193. The number of rotatable bonds is 3. The van der Waals surface area contributed by atoms with Crippen LogP contribution in [0.2, 0.25) is 0 Å². The first-order chi connectivity index (χ1) is 8.52. The number of carboxylic acid groups (broad SMARTS) is 1. The highest BCUT2D eigenvalue weighted by Gasteiger charge is 2.11. The van der Waals surface area contributed by atoms with Crippen molar-refractivity contribution in [2.75, 3.05) is 7.11 Å². The molecular weight excluding hydrogens is 238 g/mol. The first kappa shape index (κ1) is 12.0. The molecule has 7 heteroatoms. The zero-order valence-corrected chi connectivity index (χ0v) is 9.88. The van der Waals surface area contributed by atoms with Crippen molar-refractivity contribution in [3.63, 3.8) is 0 Å². The molecule has 2 aromatic heterocycles. The number of aliphatic carboxylic acids is 1. The zero-order valence-electron chi connectivity index (χ0n) is 9.88. The Morgan fingerprint density at radius 2 is 2.28 bits per heavy atom. The molecule has 0 aliphatic rings. The highest BCUT2D eigenvalue weighted by atomic mass is 16.5. The van der Waals surface area contributed by atoms with Gasteiger partial charge in [-0.3, -0.25) is 14.2 Å². The summed E-state index contributed by atoms with van der Waals surface area (Å²) in [6.45, 7) is 1.30. The fourth-order valence-corrected chi connectivity index (χ4v) is 1.67. The van der Waals surface area contributed by atoms with E-state index in [1.165, 1.54) is 13.4 Å². The minimum absolute atomic E-state index is 0.249. The molecule has 0 atom stereocenters. The molecule has 0 radical (unpaired) electrons. The summed E-state index contributed by atoms with van der Waals surface area (Å²) in [5, 5.41) is 9.00. The Balaban J connectivity index is 2.71. The van der Waals surface area contributed by atoms with Crippen molar-refractivity contribution in [2.24, 2.45) is 0 Å². The lowest BCUT2D eigenvalue weighted by Crippen LogP contribution is -2.25. The molecule has 2 aromatic rings. The van der Waals surface area contributed by atoms with Crippen LogP contribution in [0.4, 0.5) is 0 Å². The van der Waals surface area contributed by atoms with E-state index in [9.17, 15) is 9.59 Å². The van der Waals surface area contributed by atoms with Gasteiger partial charge < -0.3 is 9.84 Å². The van der Waals surface area contributed by atoms with E-state index in [0.717, 1.165) is 4.57 Å². The lowest BCUT2D eigenvalue weighted by Gasteiger charge is -2.06. The maximum Gasteiger partial charge on any atom is 0.323 e. The van der Waals surface area contributed by atoms with Gasteiger partial charge in [-0.05, 0) is 12.5 Å². The van der Waals surface area contributed by atoms with Crippen molar-refractivity contribution >= 4 is 17.0 Å². The first-order valence-corrected chi connectivity index (χ1v) is 5.15. The van der Waals surface area contributed by atoms with Crippen molar-refractivity contribution in [1.82, 2.24) is 14.5 Å². The molecular formula is C11H11N3O4. The second kappa shape index (κ2) is 4.44. The van der Waals surface area contributed by atoms with Crippen LogP contribution in [0, 0.1) is 6.92 Å². The van der Waals surface area contributed by atoms with E-state index in [2.05, 4.69) is 9.97 Å². The number of aromatic nitrogens is 3. The molecule has 0 aromatic carbocycles. The van der Waals surface area contributed by atoms with Crippen molar-refractivity contribution in [3.8, 4) is 5.88 Å². The fraction of sp³-hybridized carbons (Fsp3) is 0.273. The Hall–Kier alpha value is -2.44. The normalized spacial score (nSPS) is 10.6. The highest BCUT2D eigenvalue weighted by Crippen LogP contribution is 2.16. The van der Waals surface area contributed by atoms with Crippen LogP contribution in [0.15, 0.2) is 17.2 Å².